The molecular formula is C5H7F3N2O3S. The van der Waals surface area contributed by atoms with Crippen molar-refractivity contribution in [1.82, 2.24) is 9.62 Å². The van der Waals surface area contributed by atoms with Crippen LogP contribution in [0.15, 0.2) is 0 Å². The van der Waals surface area contributed by atoms with Gasteiger partial charge in [0, 0.05) is 13.1 Å². The minimum atomic E-state index is -5.36. The summed E-state index contributed by atoms with van der Waals surface area (Å²) in [5, 5.41) is 2.22. The molecule has 5 nitrogen and oxygen atoms in total. The molecule has 0 saturated carbocycles. The van der Waals surface area contributed by atoms with E-state index in [1.54, 1.807) is 0 Å². The molecule has 82 valence electrons. The van der Waals surface area contributed by atoms with Gasteiger partial charge in [0.1, 0.15) is 0 Å². The lowest BCUT2D eigenvalue weighted by Crippen LogP contribution is -2.53. The number of piperazine rings is 1. The minimum absolute atomic E-state index is 0.103. The van der Waals surface area contributed by atoms with Crippen LogP contribution in [0.1, 0.15) is 0 Å². The van der Waals surface area contributed by atoms with Gasteiger partial charge in [-0.05, 0) is 0 Å². The van der Waals surface area contributed by atoms with Crippen LogP contribution in [0.3, 0.4) is 0 Å². The zero-order valence-corrected chi connectivity index (χ0v) is 7.65. The fraction of sp³-hybridized carbons (Fsp3) is 0.800. The number of carbonyl (C=O) groups excluding carboxylic acids is 1. The van der Waals surface area contributed by atoms with Gasteiger partial charge in [-0.2, -0.15) is 17.5 Å². The monoisotopic (exact) mass is 232 g/mol. The molecule has 1 aliphatic heterocycles. The molecule has 0 aromatic rings. The lowest BCUT2D eigenvalue weighted by molar-refractivity contribution is -0.122. The Morgan fingerprint density at radius 3 is 2.36 bits per heavy atom. The van der Waals surface area contributed by atoms with Crippen LogP contribution in [0.25, 0.3) is 0 Å². The summed E-state index contributed by atoms with van der Waals surface area (Å²) >= 11 is 0. The molecule has 0 aliphatic carbocycles. The summed E-state index contributed by atoms with van der Waals surface area (Å²) in [4.78, 5) is 10.7. The predicted molar refractivity (Wildman–Crippen MR) is 39.6 cm³/mol. The van der Waals surface area contributed by atoms with Gasteiger partial charge in [0.25, 0.3) is 0 Å². The van der Waals surface area contributed by atoms with Gasteiger partial charge in [0.2, 0.25) is 5.91 Å². The van der Waals surface area contributed by atoms with Crippen LogP contribution in [0.4, 0.5) is 13.2 Å². The summed E-state index contributed by atoms with van der Waals surface area (Å²) in [5.74, 6) is -0.732. The number of rotatable bonds is 1. The second-order valence-electron chi connectivity index (χ2n) is 2.63. The van der Waals surface area contributed by atoms with Crippen molar-refractivity contribution < 1.29 is 26.4 Å². The Kier molecular flexibility index (Phi) is 2.72. The molecular weight excluding hydrogens is 225 g/mol. The van der Waals surface area contributed by atoms with E-state index in [-0.39, 0.29) is 17.4 Å². The van der Waals surface area contributed by atoms with Crippen LogP contribution < -0.4 is 5.32 Å². The number of nitrogens with one attached hydrogen (secondary N) is 1. The van der Waals surface area contributed by atoms with Crippen molar-refractivity contribution in [2.24, 2.45) is 0 Å². The summed E-state index contributed by atoms with van der Waals surface area (Å²) in [5.41, 5.74) is -5.34. The van der Waals surface area contributed by atoms with Crippen molar-refractivity contribution in [2.75, 3.05) is 19.6 Å². The molecule has 0 bridgehead atoms. The van der Waals surface area contributed by atoms with E-state index in [1.807, 2.05) is 0 Å². The average molecular weight is 232 g/mol. The first-order valence-corrected chi connectivity index (χ1v) is 5.02. The largest absolute Gasteiger partial charge is 0.511 e. The Morgan fingerprint density at radius 2 is 1.93 bits per heavy atom. The quantitative estimate of drug-likeness (QED) is 0.648. The SMILES string of the molecule is O=C1CN(S(=O)(=O)C(F)(F)F)CCN1. The maximum atomic E-state index is 12.0. The molecule has 0 atom stereocenters. The number of nitrogens with zero attached hydrogens (tertiary/aromatic N) is 1. The van der Waals surface area contributed by atoms with E-state index in [4.69, 9.17) is 0 Å². The molecule has 1 heterocycles. The highest BCUT2D eigenvalue weighted by atomic mass is 32.2. The molecule has 0 aromatic carbocycles. The maximum Gasteiger partial charge on any atom is 0.511 e. The fourth-order valence-electron chi connectivity index (χ4n) is 0.967. The molecule has 1 saturated heterocycles. The van der Waals surface area contributed by atoms with Crippen LogP contribution in [0.2, 0.25) is 0 Å². The molecule has 9 heteroatoms. The average Bonchev–Trinajstić information content (AvgIpc) is 2.02. The van der Waals surface area contributed by atoms with Crippen molar-refractivity contribution in [2.45, 2.75) is 5.51 Å². The van der Waals surface area contributed by atoms with Crippen LogP contribution in [-0.4, -0.2) is 43.8 Å². The minimum Gasteiger partial charge on any atom is -0.354 e. The number of halogens is 3. The Bertz CT molecular complexity index is 337. The van der Waals surface area contributed by atoms with Gasteiger partial charge in [-0.25, -0.2) is 8.42 Å². The van der Waals surface area contributed by atoms with Crippen molar-refractivity contribution in [3.63, 3.8) is 0 Å². The van der Waals surface area contributed by atoms with Crippen molar-refractivity contribution >= 4 is 15.9 Å². The molecule has 0 radical (unpaired) electrons. The van der Waals surface area contributed by atoms with Gasteiger partial charge in [-0.15, -0.1) is 0 Å². The van der Waals surface area contributed by atoms with Gasteiger partial charge in [0.05, 0.1) is 6.54 Å². The number of sulfonamides is 1. The summed E-state index contributed by atoms with van der Waals surface area (Å²) in [6, 6.07) is 0. The van der Waals surface area contributed by atoms with Gasteiger partial charge >= 0.3 is 15.5 Å². The second-order valence-corrected chi connectivity index (χ2v) is 4.56. The van der Waals surface area contributed by atoms with Crippen LogP contribution in [-0.2, 0) is 14.8 Å². The first-order valence-electron chi connectivity index (χ1n) is 3.58. The third-order valence-electron chi connectivity index (χ3n) is 1.64. The van der Waals surface area contributed by atoms with E-state index in [1.165, 1.54) is 0 Å². The standard InChI is InChI=1S/C5H7F3N2O3S/c6-5(7,8)14(12,13)10-2-1-9-4(11)3-10/h1-3H2,(H,9,11). The Morgan fingerprint density at radius 1 is 1.36 bits per heavy atom. The van der Waals surface area contributed by atoms with E-state index in [2.05, 4.69) is 5.32 Å². The van der Waals surface area contributed by atoms with Crippen LogP contribution in [0, 0.1) is 0 Å². The highest BCUT2D eigenvalue weighted by Crippen LogP contribution is 2.26. The molecule has 0 unspecified atom stereocenters. The first-order chi connectivity index (χ1) is 6.25. The van der Waals surface area contributed by atoms with Gasteiger partial charge in [0.15, 0.2) is 0 Å². The Labute approximate surface area is 77.9 Å². The van der Waals surface area contributed by atoms with E-state index in [0.717, 1.165) is 0 Å². The summed E-state index contributed by atoms with van der Waals surface area (Å²) in [7, 11) is -5.36. The summed E-state index contributed by atoms with van der Waals surface area (Å²) in [6.07, 6.45) is 0. The molecule has 1 N–H and O–H groups in total. The highest BCUT2D eigenvalue weighted by Gasteiger charge is 2.50. The Balaban J connectivity index is 2.88. The molecule has 1 aliphatic rings. The third kappa shape index (κ3) is 1.98. The van der Waals surface area contributed by atoms with Crippen molar-refractivity contribution in [1.29, 1.82) is 0 Å². The summed E-state index contributed by atoms with van der Waals surface area (Å²) in [6.45, 7) is -1.23. The van der Waals surface area contributed by atoms with Gasteiger partial charge < -0.3 is 5.32 Å². The smallest absolute Gasteiger partial charge is 0.354 e. The van der Waals surface area contributed by atoms with E-state index >= 15 is 0 Å². The molecule has 1 rings (SSSR count). The topological polar surface area (TPSA) is 66.5 Å². The van der Waals surface area contributed by atoms with Crippen LogP contribution >= 0.6 is 0 Å². The molecule has 14 heavy (non-hydrogen) atoms. The van der Waals surface area contributed by atoms with Crippen molar-refractivity contribution in [3.8, 4) is 0 Å². The number of hydrogen-bond acceptors (Lipinski definition) is 3. The number of carbonyl (C=O) groups is 1. The van der Waals surface area contributed by atoms with Gasteiger partial charge in [-0.3, -0.25) is 4.79 Å². The molecule has 0 spiro atoms. The van der Waals surface area contributed by atoms with Crippen molar-refractivity contribution in [3.05, 3.63) is 0 Å². The zero-order chi connectivity index (χ0) is 11.0. The number of alkyl halides is 3. The molecule has 1 fully saturated rings. The second kappa shape index (κ2) is 3.39. The predicted octanol–water partition coefficient (Wildman–Crippen LogP) is -0.732. The lowest BCUT2D eigenvalue weighted by atomic mass is 10.4. The van der Waals surface area contributed by atoms with E-state index in [0.29, 0.717) is 0 Å². The van der Waals surface area contributed by atoms with E-state index in [9.17, 15) is 26.4 Å². The Hall–Kier alpha value is -0.830. The summed E-state index contributed by atoms with van der Waals surface area (Å²) < 4.78 is 57.6. The van der Waals surface area contributed by atoms with Gasteiger partial charge in [-0.1, -0.05) is 0 Å². The normalized spacial score (nSPS) is 20.6. The van der Waals surface area contributed by atoms with E-state index < -0.39 is 28.0 Å². The van der Waals surface area contributed by atoms with Crippen LogP contribution in [0.5, 0.6) is 0 Å². The molecule has 0 aromatic heterocycles. The first kappa shape index (κ1) is 11.2. The lowest BCUT2D eigenvalue weighted by Gasteiger charge is -2.26. The molecule has 1 amide bonds. The third-order valence-corrected chi connectivity index (χ3v) is 3.21. The highest BCUT2D eigenvalue weighted by molar-refractivity contribution is 7.90. The fourth-order valence-corrected chi connectivity index (χ4v) is 1.88. The number of amides is 1. The maximum absolute atomic E-state index is 12.0. The number of hydrogen-bond donors (Lipinski definition) is 1. The zero-order valence-electron chi connectivity index (χ0n) is 6.84.